The van der Waals surface area contributed by atoms with Crippen molar-refractivity contribution in [1.29, 1.82) is 0 Å². The van der Waals surface area contributed by atoms with Gasteiger partial charge >= 0.3 is 0 Å². The Bertz CT molecular complexity index is 995. The second-order valence-corrected chi connectivity index (χ2v) is 7.68. The van der Waals surface area contributed by atoms with Crippen LogP contribution in [0.15, 0.2) is 36.5 Å². The van der Waals surface area contributed by atoms with Gasteiger partial charge in [0.2, 0.25) is 0 Å². The number of fused-ring (bicyclic) bond motifs is 2. The maximum absolute atomic E-state index is 6.51. The molecule has 2 aliphatic rings. The minimum Gasteiger partial charge on any atom is -0.301 e. The number of nitrogens with zero attached hydrogens (tertiary/aromatic N) is 4. The first kappa shape index (κ1) is 16.2. The molecule has 0 amide bonds. The summed E-state index contributed by atoms with van der Waals surface area (Å²) in [4.78, 5) is 9.52. The van der Waals surface area contributed by atoms with Crippen molar-refractivity contribution in [3.63, 3.8) is 0 Å². The van der Waals surface area contributed by atoms with Gasteiger partial charge in [0.15, 0.2) is 5.82 Å². The van der Waals surface area contributed by atoms with Crippen molar-refractivity contribution >= 4 is 23.2 Å². The normalized spacial score (nSPS) is 15.8. The van der Waals surface area contributed by atoms with Gasteiger partial charge in [-0.05, 0) is 43.9 Å². The second-order valence-electron chi connectivity index (χ2n) is 6.87. The van der Waals surface area contributed by atoms with E-state index in [0.29, 0.717) is 0 Å². The van der Waals surface area contributed by atoms with Crippen LogP contribution in [-0.2, 0) is 25.9 Å². The molecule has 0 unspecified atom stereocenters. The van der Waals surface area contributed by atoms with Crippen LogP contribution in [0.1, 0.15) is 35.5 Å². The minimum atomic E-state index is 0.726. The number of halogens is 2. The number of aryl methyl sites for hydroxylation is 1. The lowest BCUT2D eigenvalue weighted by atomic mass is 10.0. The van der Waals surface area contributed by atoms with Gasteiger partial charge in [0, 0.05) is 22.3 Å². The number of rotatable bonds is 2. The van der Waals surface area contributed by atoms with Crippen LogP contribution in [0.25, 0.3) is 11.4 Å². The van der Waals surface area contributed by atoms with E-state index in [2.05, 4.69) is 14.7 Å². The van der Waals surface area contributed by atoms with Crippen molar-refractivity contribution < 1.29 is 0 Å². The SMILES string of the molecule is Clc1ccccc1-c1nc2c(n1N1Cc3nccc(Cl)c3C1)CCCC2. The van der Waals surface area contributed by atoms with Gasteiger partial charge in [-0.3, -0.25) is 4.98 Å². The highest BCUT2D eigenvalue weighted by atomic mass is 35.5. The van der Waals surface area contributed by atoms with E-state index in [1.165, 1.54) is 24.2 Å². The van der Waals surface area contributed by atoms with Crippen LogP contribution < -0.4 is 5.01 Å². The Balaban J connectivity index is 1.66. The van der Waals surface area contributed by atoms with Crippen molar-refractivity contribution in [3.8, 4) is 11.4 Å². The Kier molecular flexibility index (Phi) is 3.91. The Hall–Kier alpha value is -2.04. The van der Waals surface area contributed by atoms with Crippen LogP contribution in [0.3, 0.4) is 0 Å². The molecule has 0 radical (unpaired) electrons. The van der Waals surface area contributed by atoms with E-state index in [4.69, 9.17) is 28.2 Å². The van der Waals surface area contributed by atoms with Crippen molar-refractivity contribution in [1.82, 2.24) is 14.6 Å². The summed E-state index contributed by atoms with van der Waals surface area (Å²) in [6.45, 7) is 1.47. The molecule has 0 bridgehead atoms. The standard InChI is InChI=1S/C20H18Cl2N4/c21-15-6-2-1-5-13(15)20-24-17-7-3-4-8-19(17)26(20)25-11-14-16(22)9-10-23-18(14)12-25/h1-2,5-6,9-10H,3-4,7-8,11-12H2. The third-order valence-corrected chi connectivity index (χ3v) is 5.95. The average Bonchev–Trinajstić information content (AvgIpc) is 3.24. The second kappa shape index (κ2) is 6.29. The summed E-state index contributed by atoms with van der Waals surface area (Å²) in [7, 11) is 0. The van der Waals surface area contributed by atoms with E-state index in [0.717, 1.165) is 58.6 Å². The smallest absolute Gasteiger partial charge is 0.160 e. The highest BCUT2D eigenvalue weighted by Gasteiger charge is 2.30. The number of aromatic nitrogens is 3. The first-order valence-corrected chi connectivity index (χ1v) is 9.71. The third kappa shape index (κ3) is 2.51. The summed E-state index contributed by atoms with van der Waals surface area (Å²) >= 11 is 12.9. The molecule has 4 nitrogen and oxygen atoms in total. The molecule has 0 spiro atoms. The fourth-order valence-electron chi connectivity index (χ4n) is 4.01. The lowest BCUT2D eigenvalue weighted by Gasteiger charge is -2.25. The van der Waals surface area contributed by atoms with Gasteiger partial charge in [-0.1, -0.05) is 35.3 Å². The largest absolute Gasteiger partial charge is 0.301 e. The number of pyridine rings is 1. The summed E-state index contributed by atoms with van der Waals surface area (Å²) in [6, 6.07) is 9.79. The fourth-order valence-corrected chi connectivity index (χ4v) is 4.46. The van der Waals surface area contributed by atoms with E-state index in [9.17, 15) is 0 Å². The summed E-state index contributed by atoms with van der Waals surface area (Å²) < 4.78 is 2.27. The molecule has 132 valence electrons. The molecule has 3 heterocycles. The van der Waals surface area contributed by atoms with Gasteiger partial charge in [0.25, 0.3) is 0 Å². The molecule has 6 heteroatoms. The van der Waals surface area contributed by atoms with Crippen LogP contribution in [0.5, 0.6) is 0 Å². The van der Waals surface area contributed by atoms with Gasteiger partial charge in [0.1, 0.15) is 0 Å². The maximum Gasteiger partial charge on any atom is 0.160 e. The van der Waals surface area contributed by atoms with Crippen molar-refractivity contribution in [2.45, 2.75) is 38.8 Å². The highest BCUT2D eigenvalue weighted by Crippen LogP contribution is 2.35. The van der Waals surface area contributed by atoms with Crippen LogP contribution in [-0.4, -0.2) is 14.6 Å². The highest BCUT2D eigenvalue weighted by molar-refractivity contribution is 6.33. The molecule has 1 aromatic carbocycles. The molecular formula is C20H18Cl2N4. The first-order chi connectivity index (χ1) is 12.7. The molecule has 0 saturated heterocycles. The Labute approximate surface area is 162 Å². The van der Waals surface area contributed by atoms with Crippen LogP contribution in [0, 0.1) is 0 Å². The Morgan fingerprint density at radius 2 is 1.73 bits per heavy atom. The molecule has 0 atom stereocenters. The first-order valence-electron chi connectivity index (χ1n) is 8.95. The van der Waals surface area contributed by atoms with Crippen molar-refractivity contribution in [3.05, 3.63) is 69.2 Å². The topological polar surface area (TPSA) is 34.0 Å². The number of benzene rings is 1. The monoisotopic (exact) mass is 384 g/mol. The molecule has 1 aliphatic heterocycles. The summed E-state index contributed by atoms with van der Waals surface area (Å²) in [6.07, 6.45) is 6.24. The molecule has 0 N–H and O–H groups in total. The molecule has 1 aliphatic carbocycles. The molecule has 3 aromatic rings. The lowest BCUT2D eigenvalue weighted by molar-refractivity contribution is 0.563. The Morgan fingerprint density at radius 3 is 2.58 bits per heavy atom. The quantitative estimate of drug-likeness (QED) is 0.637. The summed E-state index contributed by atoms with van der Waals surface area (Å²) in [5.41, 5.74) is 5.62. The number of hydrogen-bond donors (Lipinski definition) is 0. The average molecular weight is 385 g/mol. The van der Waals surface area contributed by atoms with Crippen LogP contribution >= 0.6 is 23.2 Å². The third-order valence-electron chi connectivity index (χ3n) is 5.27. The summed E-state index contributed by atoms with van der Waals surface area (Å²) in [5, 5.41) is 3.80. The van der Waals surface area contributed by atoms with Gasteiger partial charge in [0.05, 0.1) is 35.2 Å². The van der Waals surface area contributed by atoms with Crippen molar-refractivity contribution in [2.75, 3.05) is 5.01 Å². The fraction of sp³-hybridized carbons (Fsp3) is 0.300. The van der Waals surface area contributed by atoms with E-state index < -0.39 is 0 Å². The van der Waals surface area contributed by atoms with Gasteiger partial charge in [-0.15, -0.1) is 0 Å². The van der Waals surface area contributed by atoms with Crippen LogP contribution in [0.4, 0.5) is 0 Å². The number of imidazole rings is 1. The molecule has 0 saturated carbocycles. The Morgan fingerprint density at radius 1 is 0.885 bits per heavy atom. The molecule has 0 fully saturated rings. The molecular weight excluding hydrogens is 367 g/mol. The van der Waals surface area contributed by atoms with Gasteiger partial charge < -0.3 is 5.01 Å². The van der Waals surface area contributed by atoms with Gasteiger partial charge in [-0.2, -0.15) is 0 Å². The minimum absolute atomic E-state index is 0.726. The lowest BCUT2D eigenvalue weighted by Crippen LogP contribution is -2.31. The maximum atomic E-state index is 6.51. The van der Waals surface area contributed by atoms with E-state index in [1.807, 2.05) is 30.3 Å². The molecule has 26 heavy (non-hydrogen) atoms. The predicted octanol–water partition coefficient (Wildman–Crippen LogP) is 4.78. The molecule has 5 rings (SSSR count). The van der Waals surface area contributed by atoms with Crippen LogP contribution in [0.2, 0.25) is 10.0 Å². The number of hydrogen-bond acceptors (Lipinski definition) is 3. The van der Waals surface area contributed by atoms with Gasteiger partial charge in [-0.25, -0.2) is 9.66 Å². The van der Waals surface area contributed by atoms with Crippen molar-refractivity contribution in [2.24, 2.45) is 0 Å². The predicted molar refractivity (Wildman–Crippen MR) is 104 cm³/mol. The van der Waals surface area contributed by atoms with E-state index in [-0.39, 0.29) is 0 Å². The zero-order valence-corrected chi connectivity index (χ0v) is 15.8. The summed E-state index contributed by atoms with van der Waals surface area (Å²) in [5.74, 6) is 0.923. The van der Waals surface area contributed by atoms with E-state index in [1.54, 1.807) is 6.20 Å². The molecule has 2 aromatic heterocycles. The zero-order valence-electron chi connectivity index (χ0n) is 14.3. The zero-order chi connectivity index (χ0) is 17.7. The van der Waals surface area contributed by atoms with E-state index >= 15 is 0 Å².